The van der Waals surface area contributed by atoms with Crippen molar-refractivity contribution < 1.29 is 13.2 Å². The standard InChI is InChI=1S/C15H20N2O3S2/c1-11(2)15(3,10-16)17-14(18)9-21-12-5-7-13(8-6-12)22(4,19)20/h5-8,11H,9H2,1-4H3,(H,17,18)/t15-/m0/s1. The maximum Gasteiger partial charge on any atom is 0.231 e. The third-order valence-corrected chi connectivity index (χ3v) is 5.55. The zero-order valence-corrected chi connectivity index (χ0v) is 14.7. The van der Waals surface area contributed by atoms with Crippen molar-refractivity contribution in [3.8, 4) is 6.07 Å². The van der Waals surface area contributed by atoms with E-state index in [9.17, 15) is 13.2 Å². The van der Waals surface area contributed by atoms with Crippen molar-refractivity contribution in [1.29, 1.82) is 5.26 Å². The van der Waals surface area contributed by atoms with E-state index in [2.05, 4.69) is 11.4 Å². The molecule has 1 amide bonds. The van der Waals surface area contributed by atoms with Crippen LogP contribution in [0, 0.1) is 17.2 Å². The minimum atomic E-state index is -3.21. The van der Waals surface area contributed by atoms with Gasteiger partial charge < -0.3 is 5.32 Å². The number of rotatable bonds is 6. The lowest BCUT2D eigenvalue weighted by molar-refractivity contribution is -0.120. The average molecular weight is 340 g/mol. The number of benzene rings is 1. The molecule has 0 heterocycles. The summed E-state index contributed by atoms with van der Waals surface area (Å²) in [6.07, 6.45) is 1.15. The van der Waals surface area contributed by atoms with Gasteiger partial charge in [-0.15, -0.1) is 11.8 Å². The van der Waals surface area contributed by atoms with Crippen molar-refractivity contribution in [2.24, 2.45) is 5.92 Å². The summed E-state index contributed by atoms with van der Waals surface area (Å²) in [6, 6.07) is 8.49. The molecule has 0 aromatic heterocycles. The van der Waals surface area contributed by atoms with E-state index in [1.54, 1.807) is 19.1 Å². The van der Waals surface area contributed by atoms with Gasteiger partial charge in [-0.05, 0) is 37.1 Å². The quantitative estimate of drug-likeness (QED) is 0.803. The first kappa shape index (κ1) is 18.5. The Hall–Kier alpha value is -1.52. The van der Waals surface area contributed by atoms with E-state index in [1.165, 1.54) is 23.9 Å². The van der Waals surface area contributed by atoms with Gasteiger partial charge in [0.25, 0.3) is 0 Å². The van der Waals surface area contributed by atoms with Gasteiger partial charge in [0.1, 0.15) is 5.54 Å². The third-order valence-electron chi connectivity index (χ3n) is 3.41. The van der Waals surface area contributed by atoms with Crippen molar-refractivity contribution >= 4 is 27.5 Å². The van der Waals surface area contributed by atoms with E-state index in [0.717, 1.165) is 11.2 Å². The van der Waals surface area contributed by atoms with Crippen LogP contribution in [0.5, 0.6) is 0 Å². The average Bonchev–Trinajstić information content (AvgIpc) is 2.44. The molecule has 5 nitrogen and oxygen atoms in total. The second kappa shape index (κ2) is 7.16. The molecule has 1 aromatic carbocycles. The predicted octanol–water partition coefficient (Wildman–Crippen LogP) is 2.24. The molecule has 0 unspecified atom stereocenters. The number of carbonyl (C=O) groups is 1. The highest BCUT2D eigenvalue weighted by Gasteiger charge is 2.29. The van der Waals surface area contributed by atoms with Crippen LogP contribution in [-0.4, -0.2) is 31.9 Å². The van der Waals surface area contributed by atoms with Crippen molar-refractivity contribution in [1.82, 2.24) is 5.32 Å². The first-order valence-corrected chi connectivity index (χ1v) is 9.61. The van der Waals surface area contributed by atoms with Crippen molar-refractivity contribution in [3.05, 3.63) is 24.3 Å². The summed E-state index contributed by atoms with van der Waals surface area (Å²) in [7, 11) is -3.21. The van der Waals surface area contributed by atoms with E-state index in [0.29, 0.717) is 0 Å². The lowest BCUT2D eigenvalue weighted by Gasteiger charge is -2.27. The fourth-order valence-electron chi connectivity index (χ4n) is 1.56. The smallest absolute Gasteiger partial charge is 0.231 e. The number of nitriles is 1. The van der Waals surface area contributed by atoms with Crippen LogP contribution in [0.25, 0.3) is 0 Å². The Bertz CT molecular complexity index is 676. The third kappa shape index (κ3) is 5.04. The van der Waals surface area contributed by atoms with Crippen LogP contribution in [0.4, 0.5) is 0 Å². The van der Waals surface area contributed by atoms with Gasteiger partial charge >= 0.3 is 0 Å². The molecule has 0 saturated heterocycles. The van der Waals surface area contributed by atoms with Gasteiger partial charge in [-0.3, -0.25) is 4.79 Å². The lowest BCUT2D eigenvalue weighted by atomic mass is 9.90. The SMILES string of the molecule is CC(C)[C@](C)(C#N)NC(=O)CSc1ccc(S(C)(=O)=O)cc1. The largest absolute Gasteiger partial charge is 0.337 e. The second-order valence-corrected chi connectivity index (χ2v) is 8.61. The summed E-state index contributed by atoms with van der Waals surface area (Å²) in [5, 5.41) is 11.9. The van der Waals surface area contributed by atoms with Crippen LogP contribution in [0.2, 0.25) is 0 Å². The van der Waals surface area contributed by atoms with Gasteiger partial charge in [0.15, 0.2) is 9.84 Å². The number of hydrogen-bond acceptors (Lipinski definition) is 5. The molecule has 0 radical (unpaired) electrons. The summed E-state index contributed by atoms with van der Waals surface area (Å²) in [5.74, 6) is -0.0576. The van der Waals surface area contributed by atoms with Gasteiger partial charge in [-0.25, -0.2) is 8.42 Å². The molecule has 0 saturated carbocycles. The number of nitrogens with one attached hydrogen (secondary N) is 1. The minimum absolute atomic E-state index is 0.000458. The fraction of sp³-hybridized carbons (Fsp3) is 0.467. The molecule has 1 atom stereocenters. The van der Waals surface area contributed by atoms with Crippen LogP contribution in [-0.2, 0) is 14.6 Å². The minimum Gasteiger partial charge on any atom is -0.337 e. The molecule has 1 rings (SSSR count). The Morgan fingerprint density at radius 2 is 1.91 bits per heavy atom. The van der Waals surface area contributed by atoms with Crippen molar-refractivity contribution in [2.75, 3.05) is 12.0 Å². The van der Waals surface area contributed by atoms with Crippen LogP contribution in [0.15, 0.2) is 34.1 Å². The summed E-state index contributed by atoms with van der Waals surface area (Å²) in [4.78, 5) is 13.0. The normalized spacial score (nSPS) is 14.2. The van der Waals surface area contributed by atoms with Gasteiger partial charge in [0.05, 0.1) is 16.7 Å². The maximum atomic E-state index is 11.9. The number of thioether (sulfide) groups is 1. The van der Waals surface area contributed by atoms with Crippen LogP contribution in [0.3, 0.4) is 0 Å². The Morgan fingerprint density at radius 3 is 2.32 bits per heavy atom. The molecule has 1 N–H and O–H groups in total. The molecule has 0 aliphatic carbocycles. The first-order chi connectivity index (χ1) is 10.1. The zero-order valence-electron chi connectivity index (χ0n) is 13.1. The van der Waals surface area contributed by atoms with E-state index in [-0.39, 0.29) is 22.5 Å². The fourth-order valence-corrected chi connectivity index (χ4v) is 2.89. The van der Waals surface area contributed by atoms with Crippen LogP contribution >= 0.6 is 11.8 Å². The highest BCUT2D eigenvalue weighted by molar-refractivity contribution is 8.00. The van der Waals surface area contributed by atoms with E-state index in [1.807, 2.05) is 13.8 Å². The Labute approximate surface area is 136 Å². The van der Waals surface area contributed by atoms with Crippen molar-refractivity contribution in [2.45, 2.75) is 36.1 Å². The van der Waals surface area contributed by atoms with E-state index < -0.39 is 15.4 Å². The number of nitrogens with zero attached hydrogens (tertiary/aromatic N) is 1. The molecular weight excluding hydrogens is 320 g/mol. The number of carbonyl (C=O) groups excluding carboxylic acids is 1. The van der Waals surface area contributed by atoms with E-state index in [4.69, 9.17) is 5.26 Å². The van der Waals surface area contributed by atoms with E-state index >= 15 is 0 Å². The molecule has 120 valence electrons. The predicted molar refractivity (Wildman–Crippen MR) is 87.3 cm³/mol. The molecule has 1 aromatic rings. The van der Waals surface area contributed by atoms with Gasteiger partial charge in [-0.1, -0.05) is 13.8 Å². The van der Waals surface area contributed by atoms with Crippen molar-refractivity contribution in [3.63, 3.8) is 0 Å². The molecule has 0 aliphatic rings. The molecule has 22 heavy (non-hydrogen) atoms. The highest BCUT2D eigenvalue weighted by Crippen LogP contribution is 2.21. The molecule has 0 bridgehead atoms. The summed E-state index contributed by atoms with van der Waals surface area (Å²) < 4.78 is 22.7. The highest BCUT2D eigenvalue weighted by atomic mass is 32.2. The molecule has 0 fully saturated rings. The monoisotopic (exact) mass is 340 g/mol. The first-order valence-electron chi connectivity index (χ1n) is 6.73. The Balaban J connectivity index is 2.64. The summed E-state index contributed by atoms with van der Waals surface area (Å²) in [6.45, 7) is 5.45. The van der Waals surface area contributed by atoms with Gasteiger partial charge in [0, 0.05) is 11.2 Å². The summed E-state index contributed by atoms with van der Waals surface area (Å²) >= 11 is 1.29. The van der Waals surface area contributed by atoms with Gasteiger partial charge in [0.2, 0.25) is 5.91 Å². The zero-order chi connectivity index (χ0) is 17.0. The molecule has 0 aliphatic heterocycles. The Kier molecular flexibility index (Phi) is 6.03. The number of sulfone groups is 1. The van der Waals surface area contributed by atoms with Crippen LogP contribution in [0.1, 0.15) is 20.8 Å². The summed E-state index contributed by atoms with van der Waals surface area (Å²) in [5.41, 5.74) is -0.891. The number of hydrogen-bond donors (Lipinski definition) is 1. The maximum absolute atomic E-state index is 11.9. The van der Waals surface area contributed by atoms with Crippen LogP contribution < -0.4 is 5.32 Å². The molecule has 0 spiro atoms. The molecular formula is C15H20N2O3S2. The topological polar surface area (TPSA) is 87.0 Å². The van der Waals surface area contributed by atoms with Gasteiger partial charge in [-0.2, -0.15) is 5.26 Å². The number of amides is 1. The molecule has 7 heteroatoms. The lowest BCUT2D eigenvalue weighted by Crippen LogP contribution is -2.49. The Morgan fingerprint density at radius 1 is 1.36 bits per heavy atom. The second-order valence-electron chi connectivity index (χ2n) is 5.55.